The molecule has 1 saturated heterocycles. The van der Waals surface area contributed by atoms with E-state index in [1.54, 1.807) is 11.8 Å². The number of hydrogen-bond donors (Lipinski definition) is 1. The Morgan fingerprint density at radius 1 is 1.26 bits per heavy atom. The molecule has 0 radical (unpaired) electrons. The first-order valence-electron chi connectivity index (χ1n) is 8.40. The zero-order valence-electron chi connectivity index (χ0n) is 13.9. The summed E-state index contributed by atoms with van der Waals surface area (Å²) in [5.41, 5.74) is 1.20. The summed E-state index contributed by atoms with van der Waals surface area (Å²) in [5.74, 6) is 0.728. The minimum absolute atomic E-state index is 0.0801. The summed E-state index contributed by atoms with van der Waals surface area (Å²) in [6.07, 6.45) is 5.02. The number of aromatic nitrogens is 2. The van der Waals surface area contributed by atoms with Crippen LogP contribution in [0.1, 0.15) is 38.3 Å². The normalized spacial score (nSPS) is 18.4. The first-order valence-corrected chi connectivity index (χ1v) is 8.40. The molecule has 0 unspecified atom stereocenters. The van der Waals surface area contributed by atoms with Gasteiger partial charge in [0.15, 0.2) is 5.82 Å². The van der Waals surface area contributed by atoms with Crippen LogP contribution < -0.4 is 5.32 Å². The molecule has 1 aromatic rings. The van der Waals surface area contributed by atoms with Crippen molar-refractivity contribution in [2.45, 2.75) is 51.6 Å². The summed E-state index contributed by atoms with van der Waals surface area (Å²) in [7, 11) is 1.83. The zero-order chi connectivity index (χ0) is 16.4. The Balaban J connectivity index is 1.53. The minimum Gasteiger partial charge on any atom is -0.343 e. The van der Waals surface area contributed by atoms with Crippen molar-refractivity contribution in [1.82, 2.24) is 19.6 Å². The number of carbonyl (C=O) groups is 2. The monoisotopic (exact) mass is 319 g/mol. The summed E-state index contributed by atoms with van der Waals surface area (Å²) in [6, 6.07) is 2.12. The SMILES string of the molecule is CC(=O)N(C)C1CCN(C(=O)Nc2cc3n(n2)CCCC3)CC1. The molecule has 1 N–H and O–H groups in total. The molecule has 7 heteroatoms. The van der Waals surface area contributed by atoms with Gasteiger partial charge in [-0.3, -0.25) is 14.8 Å². The fourth-order valence-electron chi connectivity index (χ4n) is 3.38. The van der Waals surface area contributed by atoms with Crippen molar-refractivity contribution in [3.63, 3.8) is 0 Å². The number of fused-ring (bicyclic) bond motifs is 1. The maximum atomic E-state index is 12.4. The number of piperidine rings is 1. The van der Waals surface area contributed by atoms with Gasteiger partial charge in [-0.05, 0) is 32.1 Å². The van der Waals surface area contributed by atoms with Crippen molar-refractivity contribution in [2.75, 3.05) is 25.5 Å². The van der Waals surface area contributed by atoms with Gasteiger partial charge in [0, 0.05) is 51.4 Å². The molecular formula is C16H25N5O2. The summed E-state index contributed by atoms with van der Waals surface area (Å²) in [6.45, 7) is 3.86. The Morgan fingerprint density at radius 2 is 2.00 bits per heavy atom. The standard InChI is InChI=1S/C16H25N5O2/c1-12(22)19(2)13-6-9-20(10-7-13)16(23)17-15-11-14-5-3-4-8-21(14)18-15/h11,13H,3-10H2,1-2H3,(H,17,18,23). The molecule has 0 saturated carbocycles. The van der Waals surface area contributed by atoms with Crippen LogP contribution in [-0.4, -0.2) is 57.7 Å². The van der Waals surface area contributed by atoms with Crippen molar-refractivity contribution >= 4 is 17.8 Å². The summed E-state index contributed by atoms with van der Waals surface area (Å²) in [4.78, 5) is 27.4. The van der Waals surface area contributed by atoms with E-state index in [0.29, 0.717) is 18.9 Å². The quantitative estimate of drug-likeness (QED) is 0.902. The van der Waals surface area contributed by atoms with Gasteiger partial charge in [-0.1, -0.05) is 0 Å². The third-order valence-electron chi connectivity index (χ3n) is 4.95. The Morgan fingerprint density at radius 3 is 2.65 bits per heavy atom. The highest BCUT2D eigenvalue weighted by molar-refractivity contribution is 5.88. The van der Waals surface area contributed by atoms with Crippen molar-refractivity contribution in [2.24, 2.45) is 0 Å². The number of nitrogens with zero attached hydrogens (tertiary/aromatic N) is 4. The third kappa shape index (κ3) is 3.48. The maximum Gasteiger partial charge on any atom is 0.323 e. The van der Waals surface area contributed by atoms with Crippen LogP contribution in [0.2, 0.25) is 0 Å². The van der Waals surface area contributed by atoms with Crippen LogP contribution in [0.25, 0.3) is 0 Å². The molecule has 23 heavy (non-hydrogen) atoms. The van der Waals surface area contributed by atoms with Gasteiger partial charge in [0.25, 0.3) is 0 Å². The van der Waals surface area contributed by atoms with Gasteiger partial charge in [-0.25, -0.2) is 4.79 Å². The van der Waals surface area contributed by atoms with E-state index in [-0.39, 0.29) is 18.0 Å². The molecule has 0 aliphatic carbocycles. The van der Waals surface area contributed by atoms with Crippen LogP contribution in [0.4, 0.5) is 10.6 Å². The largest absolute Gasteiger partial charge is 0.343 e. The summed E-state index contributed by atoms with van der Waals surface area (Å²) < 4.78 is 1.99. The van der Waals surface area contributed by atoms with E-state index in [9.17, 15) is 9.59 Å². The number of likely N-dealkylation sites (tertiary alicyclic amines) is 1. The van der Waals surface area contributed by atoms with Crippen molar-refractivity contribution < 1.29 is 9.59 Å². The lowest BCUT2D eigenvalue weighted by Gasteiger charge is -2.36. The lowest BCUT2D eigenvalue weighted by atomic mass is 10.0. The van der Waals surface area contributed by atoms with Crippen LogP contribution in [0.3, 0.4) is 0 Å². The number of hydrogen-bond acceptors (Lipinski definition) is 3. The molecule has 2 aliphatic heterocycles. The summed E-state index contributed by atoms with van der Waals surface area (Å²) in [5, 5.41) is 7.37. The van der Waals surface area contributed by atoms with Crippen LogP contribution in [0.15, 0.2) is 6.07 Å². The Labute approximate surface area is 136 Å². The lowest BCUT2D eigenvalue weighted by molar-refractivity contribution is -0.130. The second-order valence-electron chi connectivity index (χ2n) is 6.48. The van der Waals surface area contributed by atoms with E-state index in [2.05, 4.69) is 10.4 Å². The van der Waals surface area contributed by atoms with Gasteiger partial charge in [0.2, 0.25) is 5.91 Å². The molecule has 1 fully saturated rings. The van der Waals surface area contributed by atoms with Crippen molar-refractivity contribution in [3.8, 4) is 0 Å². The van der Waals surface area contributed by atoms with Gasteiger partial charge >= 0.3 is 6.03 Å². The molecule has 0 bridgehead atoms. The second kappa shape index (κ2) is 6.60. The van der Waals surface area contributed by atoms with Gasteiger partial charge in [0.1, 0.15) is 0 Å². The van der Waals surface area contributed by atoms with Gasteiger partial charge in [-0.2, -0.15) is 5.10 Å². The molecule has 7 nitrogen and oxygen atoms in total. The number of rotatable bonds is 2. The smallest absolute Gasteiger partial charge is 0.323 e. The average molecular weight is 319 g/mol. The predicted octanol–water partition coefficient (Wildman–Crippen LogP) is 1.69. The topological polar surface area (TPSA) is 70.5 Å². The highest BCUT2D eigenvalue weighted by atomic mass is 16.2. The molecule has 0 spiro atoms. The first-order chi connectivity index (χ1) is 11.0. The van der Waals surface area contributed by atoms with Crippen molar-refractivity contribution in [1.29, 1.82) is 0 Å². The first kappa shape index (κ1) is 15.8. The van der Waals surface area contributed by atoms with E-state index in [0.717, 1.165) is 32.2 Å². The number of urea groups is 1. The summed E-state index contributed by atoms with van der Waals surface area (Å²) >= 11 is 0. The van der Waals surface area contributed by atoms with Crippen LogP contribution in [0, 0.1) is 0 Å². The third-order valence-corrected chi connectivity index (χ3v) is 4.95. The molecule has 3 amide bonds. The molecular weight excluding hydrogens is 294 g/mol. The Bertz CT molecular complexity index is 566. The number of amides is 3. The molecule has 126 valence electrons. The van der Waals surface area contributed by atoms with E-state index < -0.39 is 0 Å². The highest BCUT2D eigenvalue weighted by Gasteiger charge is 2.26. The van der Waals surface area contributed by atoms with Crippen LogP contribution >= 0.6 is 0 Å². The predicted molar refractivity (Wildman–Crippen MR) is 87.2 cm³/mol. The van der Waals surface area contributed by atoms with Gasteiger partial charge in [-0.15, -0.1) is 0 Å². The Kier molecular flexibility index (Phi) is 4.54. The Hall–Kier alpha value is -2.05. The van der Waals surface area contributed by atoms with Gasteiger partial charge in [0.05, 0.1) is 0 Å². The van der Waals surface area contributed by atoms with E-state index in [4.69, 9.17) is 0 Å². The molecule has 1 aromatic heterocycles. The minimum atomic E-state index is -0.0932. The fourth-order valence-corrected chi connectivity index (χ4v) is 3.38. The number of carbonyl (C=O) groups excluding carboxylic acids is 2. The molecule has 0 aromatic carbocycles. The fraction of sp³-hybridized carbons (Fsp3) is 0.688. The van der Waals surface area contributed by atoms with E-state index in [1.165, 1.54) is 12.1 Å². The average Bonchev–Trinajstić information content (AvgIpc) is 2.96. The van der Waals surface area contributed by atoms with E-state index >= 15 is 0 Å². The second-order valence-corrected chi connectivity index (χ2v) is 6.48. The van der Waals surface area contributed by atoms with E-state index in [1.807, 2.05) is 22.7 Å². The lowest BCUT2D eigenvalue weighted by Crippen LogP contribution is -2.47. The number of nitrogens with one attached hydrogen (secondary N) is 1. The number of aryl methyl sites for hydroxylation is 2. The molecule has 0 atom stereocenters. The molecule has 3 rings (SSSR count). The van der Waals surface area contributed by atoms with Crippen LogP contribution in [0.5, 0.6) is 0 Å². The van der Waals surface area contributed by atoms with Crippen LogP contribution in [-0.2, 0) is 17.8 Å². The highest BCUT2D eigenvalue weighted by Crippen LogP contribution is 2.20. The van der Waals surface area contributed by atoms with Gasteiger partial charge < -0.3 is 9.80 Å². The number of anilines is 1. The zero-order valence-corrected chi connectivity index (χ0v) is 13.9. The molecule has 3 heterocycles. The van der Waals surface area contributed by atoms with Crippen molar-refractivity contribution in [3.05, 3.63) is 11.8 Å². The maximum absolute atomic E-state index is 12.4. The molecule has 2 aliphatic rings.